The number of benzene rings is 1. The molecule has 0 bridgehead atoms. The van der Waals surface area contributed by atoms with Crippen molar-refractivity contribution in [3.8, 4) is 0 Å². The molecule has 0 spiro atoms. The van der Waals surface area contributed by atoms with Crippen LogP contribution in [-0.2, 0) is 6.18 Å². The van der Waals surface area contributed by atoms with Crippen molar-refractivity contribution in [3.05, 3.63) is 36.0 Å². The Hall–Kier alpha value is -2.31. The Morgan fingerprint density at radius 1 is 1.31 bits per heavy atom. The number of rotatable bonds is 4. The van der Waals surface area contributed by atoms with Gasteiger partial charge in [0.2, 0.25) is 0 Å². The van der Waals surface area contributed by atoms with E-state index in [1.54, 1.807) is 31.2 Å². The van der Waals surface area contributed by atoms with E-state index < -0.39 is 11.9 Å². The van der Waals surface area contributed by atoms with E-state index in [2.05, 4.69) is 15.3 Å². The minimum atomic E-state index is -4.50. The summed E-state index contributed by atoms with van der Waals surface area (Å²) in [5.74, 6) is -0.121. The van der Waals surface area contributed by atoms with Gasteiger partial charge in [-0.3, -0.25) is 0 Å². The first kappa shape index (κ1) is 18.5. The Labute approximate surface area is 150 Å². The van der Waals surface area contributed by atoms with Crippen molar-refractivity contribution in [1.29, 1.82) is 0 Å². The molecule has 4 nitrogen and oxygen atoms in total. The molecule has 1 aromatic carbocycles. The number of fused-ring (bicyclic) bond motifs is 1. The van der Waals surface area contributed by atoms with Crippen molar-refractivity contribution in [2.45, 2.75) is 57.3 Å². The van der Waals surface area contributed by atoms with E-state index in [0.29, 0.717) is 29.4 Å². The highest BCUT2D eigenvalue weighted by Crippen LogP contribution is 2.34. The number of hydrogen-bond donors (Lipinski definition) is 1. The SMILES string of the molecule is CCC([O-])=NC1CCC[C@H](Nc2cc(C(F)(F)F)nc3ccccc23)C1. The van der Waals surface area contributed by atoms with Crippen LogP contribution in [0.25, 0.3) is 10.9 Å². The van der Waals surface area contributed by atoms with Gasteiger partial charge in [-0.15, -0.1) is 0 Å². The average molecular weight is 364 g/mol. The number of anilines is 1. The van der Waals surface area contributed by atoms with Crippen LogP contribution in [0.1, 0.15) is 44.7 Å². The van der Waals surface area contributed by atoms with E-state index in [0.717, 1.165) is 25.3 Å². The van der Waals surface area contributed by atoms with Crippen LogP contribution < -0.4 is 10.4 Å². The molecule has 1 N–H and O–H groups in total. The monoisotopic (exact) mass is 364 g/mol. The molecule has 0 amide bonds. The molecule has 2 aromatic rings. The fraction of sp³-hybridized carbons (Fsp3) is 0.474. The molecule has 1 fully saturated rings. The molecule has 1 aliphatic carbocycles. The normalized spacial score (nSPS) is 21.8. The first-order valence-corrected chi connectivity index (χ1v) is 8.84. The molecule has 140 valence electrons. The average Bonchev–Trinajstić information content (AvgIpc) is 2.61. The van der Waals surface area contributed by atoms with Crippen molar-refractivity contribution in [2.24, 2.45) is 4.99 Å². The number of alkyl halides is 3. The van der Waals surface area contributed by atoms with Crippen LogP contribution in [0, 0.1) is 0 Å². The quantitative estimate of drug-likeness (QED) is 0.655. The number of para-hydroxylation sites is 1. The van der Waals surface area contributed by atoms with Crippen LogP contribution in [0.2, 0.25) is 0 Å². The van der Waals surface area contributed by atoms with Crippen LogP contribution in [0.3, 0.4) is 0 Å². The van der Waals surface area contributed by atoms with Crippen LogP contribution in [0.5, 0.6) is 0 Å². The molecule has 0 aliphatic heterocycles. The molecule has 0 saturated heterocycles. The number of aliphatic imine (C=N–C) groups is 1. The second kappa shape index (κ2) is 7.51. The smallest absolute Gasteiger partial charge is 0.433 e. The number of nitrogens with one attached hydrogen (secondary N) is 1. The number of nitrogens with zero attached hydrogens (tertiary/aromatic N) is 2. The predicted molar refractivity (Wildman–Crippen MR) is 94.1 cm³/mol. The van der Waals surface area contributed by atoms with Crippen molar-refractivity contribution in [1.82, 2.24) is 4.98 Å². The van der Waals surface area contributed by atoms with E-state index in [-0.39, 0.29) is 18.0 Å². The van der Waals surface area contributed by atoms with Crippen molar-refractivity contribution >= 4 is 22.5 Å². The van der Waals surface area contributed by atoms with E-state index >= 15 is 0 Å². The topological polar surface area (TPSA) is 60.3 Å². The summed E-state index contributed by atoms with van der Waals surface area (Å²) in [5, 5.41) is 15.5. The summed E-state index contributed by atoms with van der Waals surface area (Å²) in [5.41, 5.74) is -0.171. The maximum atomic E-state index is 13.2. The lowest BCUT2D eigenvalue weighted by Crippen LogP contribution is -2.31. The third-order valence-electron chi connectivity index (χ3n) is 4.64. The lowest BCUT2D eigenvalue weighted by atomic mass is 9.91. The Morgan fingerprint density at radius 3 is 2.81 bits per heavy atom. The predicted octanol–water partition coefficient (Wildman–Crippen LogP) is 4.15. The summed E-state index contributed by atoms with van der Waals surface area (Å²) in [6.45, 7) is 1.77. The van der Waals surface area contributed by atoms with Crippen LogP contribution in [-0.4, -0.2) is 23.0 Å². The summed E-state index contributed by atoms with van der Waals surface area (Å²) >= 11 is 0. The third-order valence-corrected chi connectivity index (χ3v) is 4.64. The van der Waals surface area contributed by atoms with E-state index in [1.165, 1.54) is 0 Å². The highest BCUT2D eigenvalue weighted by molar-refractivity contribution is 5.91. The first-order chi connectivity index (χ1) is 12.4. The number of halogens is 3. The summed E-state index contributed by atoms with van der Waals surface area (Å²) < 4.78 is 39.5. The number of pyridine rings is 1. The zero-order valence-electron chi connectivity index (χ0n) is 14.5. The highest BCUT2D eigenvalue weighted by Gasteiger charge is 2.33. The molecule has 0 radical (unpaired) electrons. The molecule has 7 heteroatoms. The van der Waals surface area contributed by atoms with Gasteiger partial charge in [-0.25, -0.2) is 4.98 Å². The molecule has 3 rings (SSSR count). The van der Waals surface area contributed by atoms with Gasteiger partial charge < -0.3 is 15.4 Å². The van der Waals surface area contributed by atoms with Crippen molar-refractivity contribution in [3.63, 3.8) is 0 Å². The summed E-state index contributed by atoms with van der Waals surface area (Å²) in [6, 6.07) is 7.77. The van der Waals surface area contributed by atoms with Crippen molar-refractivity contribution in [2.75, 3.05) is 5.32 Å². The third kappa shape index (κ3) is 4.26. The van der Waals surface area contributed by atoms with Gasteiger partial charge in [0.05, 0.1) is 11.6 Å². The summed E-state index contributed by atoms with van der Waals surface area (Å²) in [4.78, 5) is 7.93. The Morgan fingerprint density at radius 2 is 2.08 bits per heavy atom. The standard InChI is InChI=1S/C19H22F3N3O/c1-2-18(26)24-13-7-5-6-12(10-13)23-16-11-17(19(20,21)22)25-15-9-4-3-8-14(15)16/h3-4,8-9,11-13H,2,5-7,10H2,1H3,(H,23,25)(H,24,26)/p-1/t12-,13?/m0/s1. The van der Waals surface area contributed by atoms with Crippen LogP contribution in [0.15, 0.2) is 35.3 Å². The van der Waals surface area contributed by atoms with Gasteiger partial charge in [-0.2, -0.15) is 13.2 Å². The maximum Gasteiger partial charge on any atom is 0.433 e. The second-order valence-corrected chi connectivity index (χ2v) is 6.61. The fourth-order valence-electron chi connectivity index (χ4n) is 3.37. The molecule has 2 atom stereocenters. The lowest BCUT2D eigenvalue weighted by Gasteiger charge is -2.30. The van der Waals surface area contributed by atoms with Gasteiger partial charge in [-0.1, -0.05) is 25.1 Å². The molecular formula is C19H21F3N3O-. The maximum absolute atomic E-state index is 13.2. The van der Waals surface area contributed by atoms with Gasteiger partial charge in [0.1, 0.15) is 5.69 Å². The molecular weight excluding hydrogens is 343 g/mol. The fourth-order valence-corrected chi connectivity index (χ4v) is 3.37. The Kier molecular flexibility index (Phi) is 5.34. The number of hydrogen-bond acceptors (Lipinski definition) is 4. The molecule has 1 heterocycles. The lowest BCUT2D eigenvalue weighted by molar-refractivity contribution is -0.219. The van der Waals surface area contributed by atoms with E-state index in [9.17, 15) is 18.3 Å². The van der Waals surface area contributed by atoms with Crippen LogP contribution >= 0.6 is 0 Å². The minimum Gasteiger partial charge on any atom is -0.862 e. The highest BCUT2D eigenvalue weighted by atomic mass is 19.4. The van der Waals surface area contributed by atoms with Gasteiger partial charge in [0, 0.05) is 17.1 Å². The second-order valence-electron chi connectivity index (χ2n) is 6.61. The summed E-state index contributed by atoms with van der Waals surface area (Å²) in [7, 11) is 0. The van der Waals surface area contributed by atoms with E-state index in [1.807, 2.05) is 0 Å². The van der Waals surface area contributed by atoms with Crippen LogP contribution in [0.4, 0.5) is 18.9 Å². The molecule has 26 heavy (non-hydrogen) atoms. The minimum absolute atomic E-state index is 0.0194. The first-order valence-electron chi connectivity index (χ1n) is 8.84. The van der Waals surface area contributed by atoms with Crippen molar-refractivity contribution < 1.29 is 18.3 Å². The van der Waals surface area contributed by atoms with Gasteiger partial charge in [0.25, 0.3) is 0 Å². The van der Waals surface area contributed by atoms with Gasteiger partial charge >= 0.3 is 6.18 Å². The number of aromatic nitrogens is 1. The Balaban J connectivity index is 1.88. The molecule has 1 saturated carbocycles. The summed E-state index contributed by atoms with van der Waals surface area (Å²) in [6.07, 6.45) is -0.919. The molecule has 1 aliphatic rings. The van der Waals surface area contributed by atoms with Gasteiger partial charge in [-0.05, 0) is 50.1 Å². The molecule has 1 aromatic heterocycles. The van der Waals surface area contributed by atoms with E-state index in [4.69, 9.17) is 0 Å². The zero-order valence-corrected chi connectivity index (χ0v) is 14.5. The zero-order chi connectivity index (χ0) is 18.7. The van der Waals surface area contributed by atoms with Gasteiger partial charge in [0.15, 0.2) is 0 Å². The molecule has 1 unspecified atom stereocenters. The Bertz CT molecular complexity index is 804. The largest absolute Gasteiger partial charge is 0.862 e.